The first kappa shape index (κ1) is 15.5. The van der Waals surface area contributed by atoms with Crippen molar-refractivity contribution in [3.05, 3.63) is 34.5 Å². The molecule has 3 aromatic heterocycles. The van der Waals surface area contributed by atoms with Crippen molar-refractivity contribution in [2.75, 3.05) is 0 Å². The lowest BCUT2D eigenvalue weighted by molar-refractivity contribution is 0.345. The van der Waals surface area contributed by atoms with Crippen LogP contribution in [0.3, 0.4) is 0 Å². The lowest BCUT2D eigenvalue weighted by Gasteiger charge is -2.23. The highest BCUT2D eigenvalue weighted by Crippen LogP contribution is 2.41. The van der Waals surface area contributed by atoms with E-state index in [0.717, 1.165) is 33.3 Å². The molecule has 2 aliphatic carbocycles. The SMILES string of the molecule is O=c1c2sc3nccc(C4CCCC4)c3c2ncn1C1CCCCC1. The lowest BCUT2D eigenvalue weighted by atomic mass is 9.95. The molecule has 130 valence electrons. The van der Waals surface area contributed by atoms with E-state index in [1.165, 1.54) is 61.8 Å². The number of aromatic nitrogens is 3. The largest absolute Gasteiger partial charge is 0.295 e. The molecular weight excluding hydrogens is 330 g/mol. The van der Waals surface area contributed by atoms with Crippen molar-refractivity contribution in [2.45, 2.75) is 69.7 Å². The predicted molar refractivity (Wildman–Crippen MR) is 103 cm³/mol. The molecule has 25 heavy (non-hydrogen) atoms. The molecule has 2 saturated carbocycles. The van der Waals surface area contributed by atoms with E-state index < -0.39 is 0 Å². The van der Waals surface area contributed by atoms with Crippen molar-refractivity contribution >= 4 is 31.8 Å². The van der Waals surface area contributed by atoms with Crippen LogP contribution in [0.4, 0.5) is 0 Å². The molecule has 0 atom stereocenters. The summed E-state index contributed by atoms with van der Waals surface area (Å²) in [6.07, 6.45) is 14.7. The van der Waals surface area contributed by atoms with Gasteiger partial charge in [-0.25, -0.2) is 9.97 Å². The van der Waals surface area contributed by atoms with Gasteiger partial charge in [-0.2, -0.15) is 0 Å². The topological polar surface area (TPSA) is 47.8 Å². The van der Waals surface area contributed by atoms with Crippen LogP contribution in [-0.4, -0.2) is 14.5 Å². The zero-order valence-corrected chi connectivity index (χ0v) is 15.2. The van der Waals surface area contributed by atoms with Gasteiger partial charge >= 0.3 is 0 Å². The summed E-state index contributed by atoms with van der Waals surface area (Å²) in [5.74, 6) is 0.603. The van der Waals surface area contributed by atoms with Gasteiger partial charge in [0.05, 0.1) is 11.8 Å². The molecule has 0 saturated heterocycles. The van der Waals surface area contributed by atoms with Gasteiger partial charge in [-0.05, 0) is 43.2 Å². The lowest BCUT2D eigenvalue weighted by Crippen LogP contribution is -2.26. The Morgan fingerprint density at radius 2 is 1.76 bits per heavy atom. The van der Waals surface area contributed by atoms with Crippen LogP contribution in [0.5, 0.6) is 0 Å². The highest BCUT2D eigenvalue weighted by molar-refractivity contribution is 7.25. The van der Waals surface area contributed by atoms with Gasteiger partial charge in [-0.1, -0.05) is 32.1 Å². The minimum absolute atomic E-state index is 0.136. The Kier molecular flexibility index (Phi) is 3.85. The van der Waals surface area contributed by atoms with Crippen molar-refractivity contribution in [1.82, 2.24) is 14.5 Å². The number of hydrogen-bond donors (Lipinski definition) is 0. The van der Waals surface area contributed by atoms with E-state index in [-0.39, 0.29) is 5.56 Å². The second-order valence-corrected chi connectivity index (χ2v) is 8.59. The van der Waals surface area contributed by atoms with Gasteiger partial charge in [-0.3, -0.25) is 9.36 Å². The number of rotatable bonds is 2. The molecule has 0 unspecified atom stereocenters. The highest BCUT2D eigenvalue weighted by Gasteiger charge is 2.24. The third kappa shape index (κ3) is 2.51. The predicted octanol–water partition coefficient (Wildman–Crippen LogP) is 5.17. The maximum atomic E-state index is 13.1. The first-order valence-electron chi connectivity index (χ1n) is 9.61. The van der Waals surface area contributed by atoms with Gasteiger partial charge in [0.15, 0.2) is 0 Å². The minimum Gasteiger partial charge on any atom is -0.295 e. The maximum Gasteiger partial charge on any atom is 0.271 e. The summed E-state index contributed by atoms with van der Waals surface area (Å²) in [5, 5.41) is 1.14. The summed E-state index contributed by atoms with van der Waals surface area (Å²) in [6.45, 7) is 0. The summed E-state index contributed by atoms with van der Waals surface area (Å²) in [7, 11) is 0. The van der Waals surface area contributed by atoms with Gasteiger partial charge in [0.25, 0.3) is 5.56 Å². The van der Waals surface area contributed by atoms with Gasteiger partial charge in [-0.15, -0.1) is 11.3 Å². The Morgan fingerprint density at radius 1 is 1.00 bits per heavy atom. The van der Waals surface area contributed by atoms with E-state index in [9.17, 15) is 4.79 Å². The van der Waals surface area contributed by atoms with E-state index >= 15 is 0 Å². The summed E-state index contributed by atoms with van der Waals surface area (Å²) < 4.78 is 2.69. The monoisotopic (exact) mass is 353 g/mol. The molecule has 3 heterocycles. The number of pyridine rings is 1. The molecule has 0 aromatic carbocycles. The van der Waals surface area contributed by atoms with Crippen LogP contribution < -0.4 is 5.56 Å². The average molecular weight is 353 g/mol. The highest BCUT2D eigenvalue weighted by atomic mass is 32.1. The average Bonchev–Trinajstić information content (AvgIpc) is 3.31. The second kappa shape index (κ2) is 6.20. The van der Waals surface area contributed by atoms with Crippen LogP contribution in [-0.2, 0) is 0 Å². The molecule has 0 N–H and O–H groups in total. The molecule has 0 amide bonds. The second-order valence-electron chi connectivity index (χ2n) is 7.59. The normalized spacial score (nSPS) is 20.0. The summed E-state index contributed by atoms with van der Waals surface area (Å²) in [6, 6.07) is 2.48. The minimum atomic E-state index is 0.136. The fourth-order valence-electron chi connectivity index (χ4n) is 4.78. The molecule has 5 rings (SSSR count). The van der Waals surface area contributed by atoms with Gasteiger partial charge in [0.2, 0.25) is 0 Å². The smallest absolute Gasteiger partial charge is 0.271 e. The van der Waals surface area contributed by atoms with Gasteiger partial charge < -0.3 is 0 Å². The first-order chi connectivity index (χ1) is 12.3. The quantitative estimate of drug-likeness (QED) is 0.638. The molecule has 0 aliphatic heterocycles. The fourth-order valence-corrected chi connectivity index (χ4v) is 5.85. The van der Waals surface area contributed by atoms with E-state index in [1.807, 2.05) is 10.8 Å². The standard InChI is InChI=1S/C20H23N3OS/c24-20-18-17(22-12-23(20)14-8-2-1-3-9-14)16-15(13-6-4-5-7-13)10-11-21-19(16)25-18/h10-14H,1-9H2. The Hall–Kier alpha value is -1.75. The van der Waals surface area contributed by atoms with Crippen molar-refractivity contribution in [2.24, 2.45) is 0 Å². The van der Waals surface area contributed by atoms with Gasteiger partial charge in [0, 0.05) is 17.6 Å². The zero-order valence-electron chi connectivity index (χ0n) is 14.4. The van der Waals surface area contributed by atoms with E-state index in [0.29, 0.717) is 12.0 Å². The van der Waals surface area contributed by atoms with Crippen LogP contribution in [0.25, 0.3) is 20.4 Å². The summed E-state index contributed by atoms with van der Waals surface area (Å²) in [5.41, 5.74) is 2.38. The van der Waals surface area contributed by atoms with E-state index in [1.54, 1.807) is 6.33 Å². The van der Waals surface area contributed by atoms with Gasteiger partial charge in [0.1, 0.15) is 9.53 Å². The Morgan fingerprint density at radius 3 is 2.56 bits per heavy atom. The molecule has 0 radical (unpaired) electrons. The molecule has 0 bridgehead atoms. The van der Waals surface area contributed by atoms with Crippen LogP contribution >= 0.6 is 11.3 Å². The Balaban J connectivity index is 1.70. The summed E-state index contributed by atoms with van der Waals surface area (Å²) in [4.78, 5) is 23.4. The fraction of sp³-hybridized carbons (Fsp3) is 0.550. The first-order valence-corrected chi connectivity index (χ1v) is 10.4. The molecular formula is C20H23N3OS. The van der Waals surface area contributed by atoms with Crippen LogP contribution in [0.15, 0.2) is 23.4 Å². The van der Waals surface area contributed by atoms with E-state index in [2.05, 4.69) is 11.1 Å². The molecule has 5 heteroatoms. The third-order valence-corrected chi connectivity index (χ3v) is 7.18. The summed E-state index contributed by atoms with van der Waals surface area (Å²) >= 11 is 1.53. The van der Waals surface area contributed by atoms with Crippen molar-refractivity contribution in [3.63, 3.8) is 0 Å². The van der Waals surface area contributed by atoms with Crippen molar-refractivity contribution in [3.8, 4) is 0 Å². The molecule has 2 aliphatic rings. The Bertz CT molecular complexity index is 978. The molecule has 2 fully saturated rings. The molecule has 3 aromatic rings. The third-order valence-electron chi connectivity index (χ3n) is 6.10. The van der Waals surface area contributed by atoms with Crippen molar-refractivity contribution < 1.29 is 0 Å². The number of fused-ring (bicyclic) bond motifs is 3. The molecule has 0 spiro atoms. The van der Waals surface area contributed by atoms with E-state index in [4.69, 9.17) is 4.98 Å². The molecule has 4 nitrogen and oxygen atoms in total. The number of hydrogen-bond acceptors (Lipinski definition) is 4. The van der Waals surface area contributed by atoms with Crippen LogP contribution in [0.1, 0.15) is 75.3 Å². The van der Waals surface area contributed by atoms with Crippen LogP contribution in [0.2, 0.25) is 0 Å². The maximum absolute atomic E-state index is 13.1. The Labute approximate surface area is 150 Å². The zero-order chi connectivity index (χ0) is 16.8. The van der Waals surface area contributed by atoms with Crippen LogP contribution in [0, 0.1) is 0 Å². The number of nitrogens with zero attached hydrogens (tertiary/aromatic N) is 3. The number of thiophene rings is 1. The van der Waals surface area contributed by atoms with Crippen molar-refractivity contribution in [1.29, 1.82) is 0 Å².